The van der Waals surface area contributed by atoms with Gasteiger partial charge in [0.15, 0.2) is 0 Å². The summed E-state index contributed by atoms with van der Waals surface area (Å²) in [7, 11) is 0. The fraction of sp³-hybridized carbons (Fsp3) is 0.500. The Labute approximate surface area is 156 Å². The van der Waals surface area contributed by atoms with Crippen molar-refractivity contribution < 1.29 is 14.0 Å². The zero-order valence-corrected chi connectivity index (χ0v) is 16.1. The number of likely N-dealkylation sites (tertiary alicyclic amines) is 1. The second kappa shape index (κ2) is 8.01. The Morgan fingerprint density at radius 1 is 1.42 bits per heavy atom. The van der Waals surface area contributed by atoms with Crippen LogP contribution in [0.5, 0.6) is 0 Å². The van der Waals surface area contributed by atoms with E-state index in [4.69, 9.17) is 4.42 Å². The SMILES string of the molecule is CCNC(=O)[C@@H]1C[C@H](NC(=O)c2cc(C)oc2C)CN1Cc1nccs1. The molecule has 0 spiro atoms. The van der Waals surface area contributed by atoms with Crippen molar-refractivity contribution in [3.05, 3.63) is 39.7 Å². The molecule has 0 aliphatic carbocycles. The van der Waals surface area contributed by atoms with Crippen molar-refractivity contribution in [3.8, 4) is 0 Å². The number of likely N-dealkylation sites (N-methyl/N-ethyl adjacent to an activating group) is 1. The van der Waals surface area contributed by atoms with Gasteiger partial charge < -0.3 is 15.1 Å². The Bertz CT molecular complexity index is 772. The number of hydrogen-bond acceptors (Lipinski definition) is 6. The topological polar surface area (TPSA) is 87.5 Å². The molecular formula is C18H24N4O3S. The number of hydrogen-bond donors (Lipinski definition) is 2. The van der Waals surface area contributed by atoms with Crippen LogP contribution in [0.2, 0.25) is 0 Å². The third kappa shape index (κ3) is 4.13. The van der Waals surface area contributed by atoms with Crippen molar-refractivity contribution in [2.24, 2.45) is 0 Å². The predicted octanol–water partition coefficient (Wildman–Crippen LogP) is 1.86. The second-order valence-electron chi connectivity index (χ2n) is 6.50. The van der Waals surface area contributed by atoms with Crippen LogP contribution < -0.4 is 10.6 Å². The lowest BCUT2D eigenvalue weighted by Crippen LogP contribution is -2.42. The molecule has 1 fully saturated rings. The molecule has 26 heavy (non-hydrogen) atoms. The average Bonchev–Trinajstić information content (AvgIpc) is 3.29. The van der Waals surface area contributed by atoms with Gasteiger partial charge in [-0.05, 0) is 33.3 Å². The highest BCUT2D eigenvalue weighted by Crippen LogP contribution is 2.23. The van der Waals surface area contributed by atoms with Gasteiger partial charge in [0, 0.05) is 30.7 Å². The van der Waals surface area contributed by atoms with Crippen LogP contribution in [0.3, 0.4) is 0 Å². The van der Waals surface area contributed by atoms with E-state index in [1.54, 1.807) is 30.5 Å². The van der Waals surface area contributed by atoms with E-state index in [0.717, 1.165) is 5.01 Å². The third-order valence-electron chi connectivity index (χ3n) is 4.50. The number of aromatic nitrogens is 1. The van der Waals surface area contributed by atoms with Crippen LogP contribution in [0.1, 0.15) is 40.2 Å². The molecule has 2 aromatic rings. The molecule has 2 atom stereocenters. The Balaban J connectivity index is 1.69. The molecule has 140 valence electrons. The largest absolute Gasteiger partial charge is 0.466 e. The first-order chi connectivity index (χ1) is 12.5. The summed E-state index contributed by atoms with van der Waals surface area (Å²) < 4.78 is 5.44. The van der Waals surface area contributed by atoms with Crippen LogP contribution >= 0.6 is 11.3 Å². The molecular weight excluding hydrogens is 352 g/mol. The number of carbonyl (C=O) groups is 2. The highest BCUT2D eigenvalue weighted by Gasteiger charge is 2.37. The molecule has 3 heterocycles. The standard InChI is InChI=1S/C18H24N4O3S/c1-4-19-18(24)15-8-13(9-22(15)10-16-20-5-6-26-16)21-17(23)14-7-11(2)25-12(14)3/h5-7,13,15H,4,8-10H2,1-3H3,(H,19,24)(H,21,23)/t13-,15-/m0/s1. The monoisotopic (exact) mass is 376 g/mol. The lowest BCUT2D eigenvalue weighted by molar-refractivity contribution is -0.125. The van der Waals surface area contributed by atoms with Crippen LogP contribution in [-0.4, -0.2) is 46.9 Å². The van der Waals surface area contributed by atoms with Gasteiger partial charge in [0.25, 0.3) is 5.91 Å². The fourth-order valence-corrected chi connectivity index (χ4v) is 4.01. The van der Waals surface area contributed by atoms with E-state index >= 15 is 0 Å². The van der Waals surface area contributed by atoms with Crippen molar-refractivity contribution in [1.82, 2.24) is 20.5 Å². The zero-order chi connectivity index (χ0) is 18.7. The summed E-state index contributed by atoms with van der Waals surface area (Å²) in [5.74, 6) is 1.16. The summed E-state index contributed by atoms with van der Waals surface area (Å²) in [5.41, 5.74) is 0.551. The summed E-state index contributed by atoms with van der Waals surface area (Å²) in [6.07, 6.45) is 2.35. The highest BCUT2D eigenvalue weighted by molar-refractivity contribution is 7.09. The van der Waals surface area contributed by atoms with Crippen LogP contribution in [0.4, 0.5) is 0 Å². The molecule has 0 saturated carbocycles. The van der Waals surface area contributed by atoms with E-state index in [1.165, 1.54) is 0 Å². The number of carbonyl (C=O) groups excluding carboxylic acids is 2. The first kappa shape index (κ1) is 18.6. The Morgan fingerprint density at radius 2 is 2.23 bits per heavy atom. The maximum Gasteiger partial charge on any atom is 0.255 e. The smallest absolute Gasteiger partial charge is 0.255 e. The third-order valence-corrected chi connectivity index (χ3v) is 5.26. The van der Waals surface area contributed by atoms with Gasteiger partial charge in [-0.1, -0.05) is 0 Å². The van der Waals surface area contributed by atoms with Gasteiger partial charge in [-0.15, -0.1) is 11.3 Å². The number of nitrogens with zero attached hydrogens (tertiary/aromatic N) is 2. The number of rotatable bonds is 6. The van der Waals surface area contributed by atoms with Crippen LogP contribution in [0.25, 0.3) is 0 Å². The molecule has 2 N–H and O–H groups in total. The quantitative estimate of drug-likeness (QED) is 0.804. The first-order valence-electron chi connectivity index (χ1n) is 8.76. The van der Waals surface area contributed by atoms with Crippen LogP contribution in [0.15, 0.2) is 22.1 Å². The molecule has 1 aliphatic rings. The molecule has 2 aromatic heterocycles. The summed E-state index contributed by atoms with van der Waals surface area (Å²) in [4.78, 5) is 31.4. The van der Waals surface area contributed by atoms with Crippen LogP contribution in [0, 0.1) is 13.8 Å². The minimum absolute atomic E-state index is 0.00357. The molecule has 0 radical (unpaired) electrons. The lowest BCUT2D eigenvalue weighted by atomic mass is 10.1. The molecule has 0 unspecified atom stereocenters. The predicted molar refractivity (Wildman–Crippen MR) is 99.0 cm³/mol. The van der Waals surface area contributed by atoms with Crippen molar-refractivity contribution in [2.45, 2.75) is 45.8 Å². The van der Waals surface area contributed by atoms with E-state index in [2.05, 4.69) is 20.5 Å². The van der Waals surface area contributed by atoms with Crippen molar-refractivity contribution in [3.63, 3.8) is 0 Å². The van der Waals surface area contributed by atoms with Gasteiger partial charge >= 0.3 is 0 Å². The average molecular weight is 376 g/mol. The second-order valence-corrected chi connectivity index (χ2v) is 7.48. The van der Waals surface area contributed by atoms with Gasteiger partial charge in [0.05, 0.1) is 18.2 Å². The van der Waals surface area contributed by atoms with Crippen molar-refractivity contribution in [2.75, 3.05) is 13.1 Å². The minimum atomic E-state index is -0.267. The molecule has 8 heteroatoms. The van der Waals surface area contributed by atoms with Gasteiger partial charge in [0.1, 0.15) is 16.5 Å². The summed E-state index contributed by atoms with van der Waals surface area (Å²) in [5, 5.41) is 8.83. The summed E-state index contributed by atoms with van der Waals surface area (Å²) >= 11 is 1.57. The van der Waals surface area contributed by atoms with Gasteiger partial charge in [-0.2, -0.15) is 0 Å². The number of furan rings is 1. The van der Waals surface area contributed by atoms with E-state index in [-0.39, 0.29) is 23.9 Å². The van der Waals surface area contributed by atoms with E-state index in [0.29, 0.717) is 43.1 Å². The van der Waals surface area contributed by atoms with E-state index in [9.17, 15) is 9.59 Å². The maximum absolute atomic E-state index is 12.6. The Hall–Kier alpha value is -2.19. The molecule has 3 rings (SSSR count). The first-order valence-corrected chi connectivity index (χ1v) is 9.64. The minimum Gasteiger partial charge on any atom is -0.466 e. The summed E-state index contributed by atoms with van der Waals surface area (Å²) in [6.45, 7) is 7.31. The van der Waals surface area contributed by atoms with Crippen LogP contribution in [-0.2, 0) is 11.3 Å². The molecule has 0 aromatic carbocycles. The van der Waals surface area contributed by atoms with Crippen molar-refractivity contribution >= 4 is 23.2 Å². The molecule has 7 nitrogen and oxygen atoms in total. The Morgan fingerprint density at radius 3 is 2.85 bits per heavy atom. The number of nitrogens with one attached hydrogen (secondary N) is 2. The number of thiazole rings is 1. The maximum atomic E-state index is 12.6. The highest BCUT2D eigenvalue weighted by atomic mass is 32.1. The molecule has 1 saturated heterocycles. The van der Waals surface area contributed by atoms with Gasteiger partial charge in [-0.3, -0.25) is 14.5 Å². The van der Waals surface area contributed by atoms with Crippen molar-refractivity contribution in [1.29, 1.82) is 0 Å². The molecule has 2 amide bonds. The summed E-state index contributed by atoms with van der Waals surface area (Å²) in [6, 6.07) is 1.38. The van der Waals surface area contributed by atoms with Gasteiger partial charge in [0.2, 0.25) is 5.91 Å². The normalized spacial score (nSPS) is 20.3. The number of amides is 2. The van der Waals surface area contributed by atoms with E-state index < -0.39 is 0 Å². The Kier molecular flexibility index (Phi) is 5.73. The molecule has 1 aliphatic heterocycles. The number of aryl methyl sites for hydroxylation is 2. The lowest BCUT2D eigenvalue weighted by Gasteiger charge is -2.22. The van der Waals surface area contributed by atoms with E-state index in [1.807, 2.05) is 19.2 Å². The zero-order valence-electron chi connectivity index (χ0n) is 15.2. The fourth-order valence-electron chi connectivity index (χ4n) is 3.37. The molecule has 0 bridgehead atoms. The van der Waals surface area contributed by atoms with Gasteiger partial charge in [-0.25, -0.2) is 4.98 Å².